The molecule has 0 saturated carbocycles. The maximum atomic E-state index is 5.91. The molecule has 2 N–H and O–H groups in total. The largest absolute Gasteiger partial charge is 0.330 e. The van der Waals surface area contributed by atoms with E-state index in [2.05, 4.69) is 39.0 Å². The van der Waals surface area contributed by atoms with Crippen molar-refractivity contribution >= 4 is 11.8 Å². The fourth-order valence-corrected chi connectivity index (χ4v) is 2.69. The van der Waals surface area contributed by atoms with Crippen molar-refractivity contribution in [2.45, 2.75) is 46.1 Å². The van der Waals surface area contributed by atoms with Crippen LogP contribution in [-0.4, -0.2) is 43.1 Å². The molecule has 0 radical (unpaired) electrons. The van der Waals surface area contributed by atoms with Crippen LogP contribution in [0.1, 0.15) is 40.0 Å². The number of nitrogens with zero attached hydrogens (tertiary/aromatic N) is 1. The molecule has 0 aliphatic heterocycles. The average molecular weight is 246 g/mol. The summed E-state index contributed by atoms with van der Waals surface area (Å²) in [6.07, 6.45) is 5.89. The summed E-state index contributed by atoms with van der Waals surface area (Å²) in [6.45, 7) is 8.78. The number of hydrogen-bond acceptors (Lipinski definition) is 3. The van der Waals surface area contributed by atoms with Crippen molar-refractivity contribution in [1.29, 1.82) is 0 Å². The van der Waals surface area contributed by atoms with Crippen molar-refractivity contribution in [2.24, 2.45) is 11.1 Å². The van der Waals surface area contributed by atoms with Gasteiger partial charge in [-0.1, -0.05) is 20.3 Å². The van der Waals surface area contributed by atoms with Gasteiger partial charge in [-0.2, -0.15) is 11.8 Å². The van der Waals surface area contributed by atoms with Crippen molar-refractivity contribution < 1.29 is 0 Å². The van der Waals surface area contributed by atoms with Gasteiger partial charge >= 0.3 is 0 Å². The van der Waals surface area contributed by atoms with Gasteiger partial charge in [0.05, 0.1) is 0 Å². The van der Waals surface area contributed by atoms with E-state index in [1.54, 1.807) is 0 Å². The average Bonchev–Trinajstić information content (AvgIpc) is 2.26. The quantitative estimate of drug-likeness (QED) is 0.678. The predicted octanol–water partition coefficient (Wildman–Crippen LogP) is 2.82. The van der Waals surface area contributed by atoms with Gasteiger partial charge in [0.15, 0.2) is 0 Å². The molecule has 2 atom stereocenters. The molecule has 0 amide bonds. The van der Waals surface area contributed by atoms with Crippen LogP contribution in [0.2, 0.25) is 0 Å². The molecule has 0 heterocycles. The Kier molecular flexibility index (Phi) is 8.52. The first kappa shape index (κ1) is 16.3. The fraction of sp³-hybridized carbons (Fsp3) is 1.00. The van der Waals surface area contributed by atoms with Gasteiger partial charge in [0.2, 0.25) is 0 Å². The van der Waals surface area contributed by atoms with Gasteiger partial charge in [0.25, 0.3) is 0 Å². The van der Waals surface area contributed by atoms with Crippen LogP contribution in [-0.2, 0) is 0 Å². The van der Waals surface area contributed by atoms with Gasteiger partial charge in [-0.3, -0.25) is 0 Å². The zero-order valence-corrected chi connectivity index (χ0v) is 12.6. The van der Waals surface area contributed by atoms with Gasteiger partial charge in [-0.05, 0) is 50.8 Å². The van der Waals surface area contributed by atoms with Crippen molar-refractivity contribution in [1.82, 2.24) is 4.90 Å². The summed E-state index contributed by atoms with van der Waals surface area (Å²) in [5.41, 5.74) is 6.20. The normalized spacial score (nSPS) is 17.4. The maximum absolute atomic E-state index is 5.91. The molecular weight excluding hydrogens is 216 g/mol. The van der Waals surface area contributed by atoms with Crippen LogP contribution in [0.15, 0.2) is 0 Å². The molecule has 3 heteroatoms. The lowest BCUT2D eigenvalue weighted by Gasteiger charge is -2.35. The Bertz CT molecular complexity index is 175. The first-order valence-corrected chi connectivity index (χ1v) is 7.77. The Morgan fingerprint density at radius 1 is 1.44 bits per heavy atom. The lowest BCUT2D eigenvalue weighted by atomic mass is 9.85. The van der Waals surface area contributed by atoms with Crippen molar-refractivity contribution in [3.8, 4) is 0 Å². The minimum absolute atomic E-state index is 0.289. The van der Waals surface area contributed by atoms with E-state index in [0.717, 1.165) is 13.1 Å². The van der Waals surface area contributed by atoms with Crippen molar-refractivity contribution in [3.05, 3.63) is 0 Å². The van der Waals surface area contributed by atoms with Crippen molar-refractivity contribution in [3.63, 3.8) is 0 Å². The van der Waals surface area contributed by atoms with Gasteiger partial charge in [-0.25, -0.2) is 0 Å². The molecule has 0 aromatic rings. The predicted molar refractivity (Wildman–Crippen MR) is 77.2 cm³/mol. The number of nitrogens with two attached hydrogens (primary N) is 1. The van der Waals surface area contributed by atoms with Gasteiger partial charge < -0.3 is 10.6 Å². The van der Waals surface area contributed by atoms with Crippen LogP contribution in [0.25, 0.3) is 0 Å². The highest BCUT2D eigenvalue weighted by molar-refractivity contribution is 7.98. The highest BCUT2D eigenvalue weighted by atomic mass is 32.2. The molecule has 2 nitrogen and oxygen atoms in total. The maximum Gasteiger partial charge on any atom is 0.00719 e. The Hall–Kier alpha value is 0.270. The molecule has 0 saturated heterocycles. The molecule has 0 fully saturated rings. The smallest absolute Gasteiger partial charge is 0.00719 e. The molecule has 0 aliphatic carbocycles. The molecule has 0 rings (SSSR count). The zero-order chi connectivity index (χ0) is 12.6. The number of hydrogen-bond donors (Lipinski definition) is 1. The van der Waals surface area contributed by atoms with E-state index in [4.69, 9.17) is 5.73 Å². The Labute approximate surface area is 106 Å². The summed E-state index contributed by atoms with van der Waals surface area (Å²) in [4.78, 5) is 2.47. The molecular formula is C13H30N2S. The van der Waals surface area contributed by atoms with E-state index in [-0.39, 0.29) is 5.41 Å². The molecule has 0 bridgehead atoms. The lowest BCUT2D eigenvalue weighted by Crippen LogP contribution is -2.42. The van der Waals surface area contributed by atoms with Gasteiger partial charge in [0.1, 0.15) is 0 Å². The SMILES string of the molecule is CCCC(C)(CN)CN(C)C(C)CCSC. The van der Waals surface area contributed by atoms with Crippen LogP contribution >= 0.6 is 11.8 Å². The van der Waals surface area contributed by atoms with E-state index >= 15 is 0 Å². The zero-order valence-electron chi connectivity index (χ0n) is 11.8. The first-order valence-electron chi connectivity index (χ1n) is 6.38. The summed E-state index contributed by atoms with van der Waals surface area (Å²) in [5.74, 6) is 1.25. The topological polar surface area (TPSA) is 29.3 Å². The van der Waals surface area contributed by atoms with Crippen LogP contribution < -0.4 is 5.73 Å². The second-order valence-electron chi connectivity index (χ2n) is 5.31. The minimum Gasteiger partial charge on any atom is -0.330 e. The second-order valence-corrected chi connectivity index (χ2v) is 6.30. The van der Waals surface area contributed by atoms with E-state index in [0.29, 0.717) is 6.04 Å². The van der Waals surface area contributed by atoms with E-state index in [9.17, 15) is 0 Å². The van der Waals surface area contributed by atoms with Crippen LogP contribution in [0, 0.1) is 5.41 Å². The lowest BCUT2D eigenvalue weighted by molar-refractivity contribution is 0.148. The molecule has 0 spiro atoms. The molecule has 0 aromatic carbocycles. The van der Waals surface area contributed by atoms with E-state index < -0.39 is 0 Å². The van der Waals surface area contributed by atoms with E-state index in [1.807, 2.05) is 11.8 Å². The fourth-order valence-electron chi connectivity index (χ4n) is 2.12. The van der Waals surface area contributed by atoms with E-state index in [1.165, 1.54) is 25.0 Å². The summed E-state index contributed by atoms with van der Waals surface area (Å²) >= 11 is 1.93. The summed E-state index contributed by atoms with van der Waals surface area (Å²) in [6, 6.07) is 0.662. The molecule has 98 valence electrons. The molecule has 0 aromatic heterocycles. The third-order valence-electron chi connectivity index (χ3n) is 3.47. The molecule has 0 aliphatic rings. The Morgan fingerprint density at radius 3 is 2.50 bits per heavy atom. The second kappa shape index (κ2) is 8.37. The van der Waals surface area contributed by atoms with Crippen LogP contribution in [0.4, 0.5) is 0 Å². The van der Waals surface area contributed by atoms with Gasteiger partial charge in [-0.15, -0.1) is 0 Å². The summed E-state index contributed by atoms with van der Waals surface area (Å²) in [7, 11) is 2.23. The van der Waals surface area contributed by atoms with Gasteiger partial charge in [0, 0.05) is 12.6 Å². The monoisotopic (exact) mass is 246 g/mol. The Morgan fingerprint density at radius 2 is 2.06 bits per heavy atom. The molecule has 2 unspecified atom stereocenters. The molecule has 16 heavy (non-hydrogen) atoms. The van der Waals surface area contributed by atoms with Crippen LogP contribution in [0.3, 0.4) is 0 Å². The third-order valence-corrected chi connectivity index (χ3v) is 4.11. The van der Waals surface area contributed by atoms with Crippen molar-refractivity contribution in [2.75, 3.05) is 32.1 Å². The highest BCUT2D eigenvalue weighted by Crippen LogP contribution is 2.24. The number of rotatable bonds is 9. The number of thioether (sulfide) groups is 1. The first-order chi connectivity index (χ1) is 7.49. The minimum atomic E-state index is 0.289. The Balaban J connectivity index is 4.12. The standard InChI is InChI=1S/C13H30N2S/c1-6-8-13(3,10-14)11-15(4)12(2)7-9-16-5/h12H,6-11,14H2,1-5H3. The summed E-state index contributed by atoms with van der Waals surface area (Å²) < 4.78 is 0. The highest BCUT2D eigenvalue weighted by Gasteiger charge is 2.24. The van der Waals surface area contributed by atoms with Crippen LogP contribution in [0.5, 0.6) is 0 Å². The summed E-state index contributed by atoms with van der Waals surface area (Å²) in [5, 5.41) is 0. The third kappa shape index (κ3) is 6.12.